The van der Waals surface area contributed by atoms with Gasteiger partial charge in [0.05, 0.1) is 0 Å². The van der Waals surface area contributed by atoms with Gasteiger partial charge in [-0.1, -0.05) is 221 Å². The van der Waals surface area contributed by atoms with Crippen LogP contribution >= 0.6 is 0 Å². The quantitative estimate of drug-likeness (QED) is 0.0199. The van der Waals surface area contributed by atoms with E-state index in [0.29, 0.717) is 19.3 Å². The summed E-state index contributed by atoms with van der Waals surface area (Å²) in [4.78, 5) is 38.0. The summed E-state index contributed by atoms with van der Waals surface area (Å²) in [6, 6.07) is 0. The number of rotatable bonds is 48. The van der Waals surface area contributed by atoms with Crippen LogP contribution in [0.4, 0.5) is 0 Å². The Morgan fingerprint density at radius 2 is 0.677 bits per heavy atom. The zero-order valence-corrected chi connectivity index (χ0v) is 42.5. The van der Waals surface area contributed by atoms with Crippen molar-refractivity contribution >= 4 is 17.9 Å². The van der Waals surface area contributed by atoms with Gasteiger partial charge < -0.3 is 14.2 Å². The first-order valence-corrected chi connectivity index (χ1v) is 27.1. The average Bonchev–Trinajstić information content (AvgIpc) is 3.30. The van der Waals surface area contributed by atoms with Crippen molar-refractivity contribution in [2.24, 2.45) is 0 Å². The van der Waals surface area contributed by atoms with E-state index in [0.717, 1.165) is 122 Å². The molecule has 0 radical (unpaired) electrons. The molecule has 0 rings (SSSR count). The van der Waals surface area contributed by atoms with E-state index < -0.39 is 6.10 Å². The fraction of sp³-hybridized carbons (Fsp3) is 0.712. The molecule has 0 heterocycles. The molecular weight excluding hydrogens is 805 g/mol. The maximum atomic E-state index is 12.8. The molecule has 0 saturated carbocycles. The molecule has 6 heteroatoms. The predicted molar refractivity (Wildman–Crippen MR) is 279 cm³/mol. The van der Waals surface area contributed by atoms with Gasteiger partial charge in [-0.3, -0.25) is 14.4 Å². The van der Waals surface area contributed by atoms with Crippen molar-refractivity contribution in [1.82, 2.24) is 0 Å². The molecular formula is C59H100O6. The molecule has 0 aromatic rings. The van der Waals surface area contributed by atoms with Crippen molar-refractivity contribution in [3.05, 3.63) is 85.1 Å². The maximum absolute atomic E-state index is 12.8. The zero-order valence-electron chi connectivity index (χ0n) is 42.5. The van der Waals surface area contributed by atoms with Crippen molar-refractivity contribution in [1.29, 1.82) is 0 Å². The molecule has 0 aliphatic heterocycles. The Labute approximate surface area is 401 Å². The smallest absolute Gasteiger partial charge is 0.306 e. The Kier molecular flexibility index (Phi) is 50.4. The number of unbranched alkanes of at least 4 members (excludes halogenated alkanes) is 25. The lowest BCUT2D eigenvalue weighted by atomic mass is 10.1. The molecule has 0 N–H and O–H groups in total. The lowest BCUT2D eigenvalue weighted by molar-refractivity contribution is -0.167. The highest BCUT2D eigenvalue weighted by Crippen LogP contribution is 2.14. The van der Waals surface area contributed by atoms with E-state index in [2.05, 4.69) is 106 Å². The molecule has 0 aromatic heterocycles. The first-order chi connectivity index (χ1) is 32.0. The summed E-state index contributed by atoms with van der Waals surface area (Å²) in [5, 5.41) is 0. The van der Waals surface area contributed by atoms with Gasteiger partial charge in [0.2, 0.25) is 0 Å². The minimum atomic E-state index is -0.794. The van der Waals surface area contributed by atoms with E-state index in [1.54, 1.807) is 0 Å². The average molecular weight is 905 g/mol. The predicted octanol–water partition coefficient (Wildman–Crippen LogP) is 18.0. The van der Waals surface area contributed by atoms with Gasteiger partial charge in [-0.2, -0.15) is 0 Å². The van der Waals surface area contributed by atoms with Gasteiger partial charge >= 0.3 is 17.9 Å². The second-order valence-electron chi connectivity index (χ2n) is 17.8. The molecule has 0 saturated heterocycles. The third kappa shape index (κ3) is 51.4. The third-order valence-electron chi connectivity index (χ3n) is 11.4. The second-order valence-corrected chi connectivity index (χ2v) is 17.8. The standard InChI is InChI=1S/C59H100O6/c1-4-7-10-13-16-19-22-24-26-28-30-32-33-35-37-40-43-46-49-52-58(61)64-55-56(54-63-57(60)51-48-45-42-39-21-18-15-12-9-6-3)65-59(62)53-50-47-44-41-38-36-34-31-29-27-25-23-20-17-14-11-8-5-2/h7,10,15-16,18-19,23-27,29,31,34,56H,4-6,8-9,11-14,17,20-22,28,30,32-33,35-55H2,1-3H3/b10-7-,18-15-,19-16-,25-23-,26-24-,29-27-,34-31-. The minimum absolute atomic E-state index is 0.0917. The number of carbonyl (C=O) groups is 3. The molecule has 0 aromatic carbocycles. The SMILES string of the molecule is CC/C=C\C/C=C\C/C=C\CCCCCCCCCCCC(=O)OCC(COC(=O)CCCCCC/C=C\CCCC)OC(=O)CCCCCCC\C=C/C=C\C=C/CCCCCCC. The fourth-order valence-electron chi connectivity index (χ4n) is 7.32. The molecule has 0 spiro atoms. The van der Waals surface area contributed by atoms with Crippen molar-refractivity contribution in [3.63, 3.8) is 0 Å². The summed E-state index contributed by atoms with van der Waals surface area (Å²) in [7, 11) is 0. The van der Waals surface area contributed by atoms with E-state index in [1.807, 2.05) is 0 Å². The molecule has 0 amide bonds. The van der Waals surface area contributed by atoms with Gasteiger partial charge in [-0.25, -0.2) is 0 Å². The van der Waals surface area contributed by atoms with Crippen molar-refractivity contribution in [3.8, 4) is 0 Å². The number of esters is 3. The van der Waals surface area contributed by atoms with Crippen LogP contribution in [0.5, 0.6) is 0 Å². The summed E-state index contributed by atoms with van der Waals surface area (Å²) in [5.41, 5.74) is 0. The third-order valence-corrected chi connectivity index (χ3v) is 11.4. The minimum Gasteiger partial charge on any atom is -0.462 e. The van der Waals surface area contributed by atoms with Gasteiger partial charge in [0.1, 0.15) is 13.2 Å². The number of carbonyl (C=O) groups excluding carboxylic acids is 3. The Balaban J connectivity index is 4.39. The van der Waals surface area contributed by atoms with E-state index in [1.165, 1.54) is 89.9 Å². The Morgan fingerprint density at radius 3 is 1.12 bits per heavy atom. The van der Waals surface area contributed by atoms with Crippen LogP contribution in [0.1, 0.15) is 252 Å². The first kappa shape index (κ1) is 61.6. The van der Waals surface area contributed by atoms with Crippen LogP contribution in [-0.4, -0.2) is 37.2 Å². The molecule has 0 aliphatic carbocycles. The van der Waals surface area contributed by atoms with Crippen LogP contribution in [0.15, 0.2) is 85.1 Å². The van der Waals surface area contributed by atoms with Crippen LogP contribution in [0.25, 0.3) is 0 Å². The molecule has 0 fully saturated rings. The highest BCUT2D eigenvalue weighted by molar-refractivity contribution is 5.71. The summed E-state index contributed by atoms with van der Waals surface area (Å²) >= 11 is 0. The fourth-order valence-corrected chi connectivity index (χ4v) is 7.32. The Morgan fingerprint density at radius 1 is 0.338 bits per heavy atom. The highest BCUT2D eigenvalue weighted by Gasteiger charge is 2.19. The van der Waals surface area contributed by atoms with Gasteiger partial charge in [-0.15, -0.1) is 0 Å². The van der Waals surface area contributed by atoms with Crippen LogP contribution in [-0.2, 0) is 28.6 Å². The van der Waals surface area contributed by atoms with Crippen LogP contribution in [0, 0.1) is 0 Å². The van der Waals surface area contributed by atoms with Crippen LogP contribution < -0.4 is 0 Å². The zero-order chi connectivity index (χ0) is 47.2. The van der Waals surface area contributed by atoms with Gasteiger partial charge in [0, 0.05) is 19.3 Å². The number of ether oxygens (including phenoxy) is 3. The molecule has 0 bridgehead atoms. The lowest BCUT2D eigenvalue weighted by Crippen LogP contribution is -2.30. The summed E-state index contributed by atoms with van der Waals surface area (Å²) in [6.07, 6.45) is 68.5. The van der Waals surface area contributed by atoms with E-state index in [4.69, 9.17) is 14.2 Å². The van der Waals surface area contributed by atoms with Crippen molar-refractivity contribution < 1.29 is 28.6 Å². The number of hydrogen-bond donors (Lipinski definition) is 0. The van der Waals surface area contributed by atoms with Crippen molar-refractivity contribution in [2.75, 3.05) is 13.2 Å². The molecule has 6 nitrogen and oxygen atoms in total. The maximum Gasteiger partial charge on any atom is 0.306 e. The Bertz CT molecular complexity index is 1270. The highest BCUT2D eigenvalue weighted by atomic mass is 16.6. The second kappa shape index (κ2) is 53.2. The molecule has 1 atom stereocenters. The summed E-state index contributed by atoms with van der Waals surface area (Å²) < 4.78 is 16.8. The van der Waals surface area contributed by atoms with Gasteiger partial charge in [0.25, 0.3) is 0 Å². The van der Waals surface area contributed by atoms with E-state index in [-0.39, 0.29) is 31.1 Å². The van der Waals surface area contributed by atoms with Gasteiger partial charge in [0.15, 0.2) is 6.10 Å². The molecule has 65 heavy (non-hydrogen) atoms. The summed E-state index contributed by atoms with van der Waals surface area (Å²) in [6.45, 7) is 6.44. The van der Waals surface area contributed by atoms with Crippen molar-refractivity contribution in [2.45, 2.75) is 258 Å². The number of hydrogen-bond acceptors (Lipinski definition) is 6. The Hall–Kier alpha value is -3.41. The summed E-state index contributed by atoms with van der Waals surface area (Å²) in [5.74, 6) is -0.930. The van der Waals surface area contributed by atoms with E-state index in [9.17, 15) is 14.4 Å². The first-order valence-electron chi connectivity index (χ1n) is 27.1. The normalized spacial score (nSPS) is 12.7. The topological polar surface area (TPSA) is 78.9 Å². The molecule has 0 aliphatic rings. The monoisotopic (exact) mass is 905 g/mol. The lowest BCUT2D eigenvalue weighted by Gasteiger charge is -2.18. The largest absolute Gasteiger partial charge is 0.462 e. The molecule has 372 valence electrons. The van der Waals surface area contributed by atoms with Gasteiger partial charge in [-0.05, 0) is 96.3 Å². The van der Waals surface area contributed by atoms with Crippen LogP contribution in [0.2, 0.25) is 0 Å². The van der Waals surface area contributed by atoms with Crippen LogP contribution in [0.3, 0.4) is 0 Å². The molecule has 1 unspecified atom stereocenters. The number of allylic oxidation sites excluding steroid dienone is 14. The van der Waals surface area contributed by atoms with E-state index >= 15 is 0 Å².